The quantitative estimate of drug-likeness (QED) is 0.462. The van der Waals surface area contributed by atoms with Crippen molar-refractivity contribution in [2.45, 2.75) is 25.3 Å². The summed E-state index contributed by atoms with van der Waals surface area (Å²) in [5.74, 6) is -0.405. The van der Waals surface area contributed by atoms with Crippen molar-refractivity contribution in [2.24, 2.45) is 5.92 Å². The number of carboxylic acid groups (broad SMARTS) is 1. The second-order valence-corrected chi connectivity index (χ2v) is 7.17. The molecular formula is C21H20N2O5. The van der Waals surface area contributed by atoms with Crippen LogP contribution in [0.1, 0.15) is 45.4 Å². The van der Waals surface area contributed by atoms with Crippen molar-refractivity contribution in [2.75, 3.05) is 12.4 Å². The summed E-state index contributed by atoms with van der Waals surface area (Å²) >= 11 is 0. The van der Waals surface area contributed by atoms with Gasteiger partial charge in [0.05, 0.1) is 23.6 Å². The van der Waals surface area contributed by atoms with Gasteiger partial charge in [-0.25, -0.2) is 4.79 Å². The third kappa shape index (κ3) is 2.70. The van der Waals surface area contributed by atoms with Crippen molar-refractivity contribution in [3.8, 4) is 5.75 Å². The van der Waals surface area contributed by atoms with E-state index < -0.39 is 10.9 Å². The SMILES string of the molecule is COc1ccc([C@@H]2Nc3c(ccc(C(=O)O)c3C)[C@@H]3C=CC[C@@H]32)cc1[N+](=O)[O-]. The summed E-state index contributed by atoms with van der Waals surface area (Å²) in [5.41, 5.74) is 3.52. The molecule has 0 unspecified atom stereocenters. The molecule has 0 aromatic heterocycles. The number of allylic oxidation sites excluding steroid dienone is 2. The van der Waals surface area contributed by atoms with Crippen LogP contribution in [0.5, 0.6) is 5.75 Å². The molecule has 0 amide bonds. The molecular weight excluding hydrogens is 360 g/mol. The number of fused-ring (bicyclic) bond motifs is 3. The van der Waals surface area contributed by atoms with Crippen LogP contribution in [0, 0.1) is 23.0 Å². The van der Waals surface area contributed by atoms with Gasteiger partial charge in [0.25, 0.3) is 0 Å². The van der Waals surface area contributed by atoms with Gasteiger partial charge in [-0.1, -0.05) is 24.3 Å². The smallest absolute Gasteiger partial charge is 0.336 e. The number of nitro benzene ring substituents is 1. The summed E-state index contributed by atoms with van der Waals surface area (Å²) in [7, 11) is 1.41. The summed E-state index contributed by atoms with van der Waals surface area (Å²) in [5, 5.41) is 24.4. The van der Waals surface area contributed by atoms with Crippen LogP contribution in [0.25, 0.3) is 0 Å². The molecule has 2 aliphatic rings. The third-order valence-corrected chi connectivity index (χ3v) is 5.79. The van der Waals surface area contributed by atoms with E-state index in [1.54, 1.807) is 25.1 Å². The maximum Gasteiger partial charge on any atom is 0.336 e. The molecule has 1 heterocycles. The number of hydrogen-bond acceptors (Lipinski definition) is 5. The maximum absolute atomic E-state index is 11.5. The number of nitrogens with one attached hydrogen (secondary N) is 1. The van der Waals surface area contributed by atoms with Gasteiger partial charge in [0.15, 0.2) is 5.75 Å². The lowest BCUT2D eigenvalue weighted by molar-refractivity contribution is -0.385. The van der Waals surface area contributed by atoms with Crippen molar-refractivity contribution >= 4 is 17.3 Å². The second kappa shape index (κ2) is 6.67. The van der Waals surface area contributed by atoms with Gasteiger partial charge >= 0.3 is 11.7 Å². The van der Waals surface area contributed by atoms with Gasteiger partial charge in [-0.15, -0.1) is 0 Å². The van der Waals surface area contributed by atoms with Crippen molar-refractivity contribution in [3.05, 3.63) is 74.9 Å². The number of benzene rings is 2. The van der Waals surface area contributed by atoms with E-state index >= 15 is 0 Å². The Kier molecular flexibility index (Phi) is 4.30. The zero-order valence-corrected chi connectivity index (χ0v) is 15.5. The molecule has 7 heteroatoms. The summed E-state index contributed by atoms with van der Waals surface area (Å²) in [6.45, 7) is 1.79. The molecule has 1 aliphatic heterocycles. The molecule has 2 aromatic rings. The molecule has 7 nitrogen and oxygen atoms in total. The number of carbonyl (C=O) groups is 1. The van der Waals surface area contributed by atoms with Gasteiger partial charge in [-0.05, 0) is 48.1 Å². The molecule has 3 atom stereocenters. The van der Waals surface area contributed by atoms with E-state index in [9.17, 15) is 20.0 Å². The molecule has 0 spiro atoms. The minimum Gasteiger partial charge on any atom is -0.490 e. The van der Waals surface area contributed by atoms with E-state index in [1.807, 2.05) is 12.1 Å². The lowest BCUT2D eigenvalue weighted by Crippen LogP contribution is -2.30. The van der Waals surface area contributed by atoms with Crippen LogP contribution < -0.4 is 10.1 Å². The first-order valence-electron chi connectivity index (χ1n) is 9.04. The lowest BCUT2D eigenvalue weighted by Gasteiger charge is -2.38. The number of methoxy groups -OCH3 is 1. The number of ether oxygens (including phenoxy) is 1. The Morgan fingerprint density at radius 3 is 2.79 bits per heavy atom. The topological polar surface area (TPSA) is 102 Å². The summed E-state index contributed by atoms with van der Waals surface area (Å²) in [4.78, 5) is 22.5. The predicted molar refractivity (Wildman–Crippen MR) is 104 cm³/mol. The zero-order valence-electron chi connectivity index (χ0n) is 15.5. The first-order valence-corrected chi connectivity index (χ1v) is 9.04. The van der Waals surface area contributed by atoms with Crippen molar-refractivity contribution in [3.63, 3.8) is 0 Å². The highest BCUT2D eigenvalue weighted by atomic mass is 16.6. The Morgan fingerprint density at radius 1 is 1.32 bits per heavy atom. The Balaban J connectivity index is 1.83. The normalized spacial score (nSPS) is 22.1. The van der Waals surface area contributed by atoms with Crippen LogP contribution in [0.3, 0.4) is 0 Å². The van der Waals surface area contributed by atoms with Gasteiger partial charge < -0.3 is 15.2 Å². The molecule has 28 heavy (non-hydrogen) atoms. The maximum atomic E-state index is 11.5. The fraction of sp³-hybridized carbons (Fsp3) is 0.286. The fourth-order valence-corrected chi connectivity index (χ4v) is 4.42. The van der Waals surface area contributed by atoms with Crippen LogP contribution >= 0.6 is 0 Å². The molecule has 2 N–H and O–H groups in total. The van der Waals surface area contributed by atoms with Crippen LogP contribution in [-0.2, 0) is 0 Å². The average Bonchev–Trinajstić information content (AvgIpc) is 3.17. The van der Waals surface area contributed by atoms with Gasteiger partial charge in [0, 0.05) is 17.7 Å². The molecule has 0 saturated carbocycles. The van der Waals surface area contributed by atoms with Gasteiger partial charge in [0.2, 0.25) is 0 Å². The third-order valence-electron chi connectivity index (χ3n) is 5.79. The largest absolute Gasteiger partial charge is 0.490 e. The average molecular weight is 380 g/mol. The number of anilines is 1. The van der Waals surface area contributed by atoms with Crippen molar-refractivity contribution < 1.29 is 19.6 Å². The molecule has 4 rings (SSSR count). The minimum atomic E-state index is -0.970. The summed E-state index contributed by atoms with van der Waals surface area (Å²) in [6, 6.07) is 8.36. The van der Waals surface area contributed by atoms with E-state index in [-0.39, 0.29) is 34.9 Å². The number of nitro groups is 1. The number of nitrogens with zero attached hydrogens (tertiary/aromatic N) is 1. The van der Waals surface area contributed by atoms with Crippen LogP contribution in [-0.4, -0.2) is 23.1 Å². The molecule has 1 aliphatic carbocycles. The Bertz CT molecular complexity index is 1010. The van der Waals surface area contributed by atoms with Crippen LogP contribution in [0.4, 0.5) is 11.4 Å². The Morgan fingerprint density at radius 2 is 2.11 bits per heavy atom. The predicted octanol–water partition coefficient (Wildman–Crippen LogP) is 4.44. The molecule has 0 saturated heterocycles. The van der Waals surface area contributed by atoms with Gasteiger partial charge in [-0.2, -0.15) is 0 Å². The number of rotatable bonds is 4. The van der Waals surface area contributed by atoms with Crippen LogP contribution in [0.15, 0.2) is 42.5 Å². The molecule has 0 radical (unpaired) electrons. The summed E-state index contributed by atoms with van der Waals surface area (Å²) in [6.07, 6.45) is 5.12. The first-order chi connectivity index (χ1) is 13.4. The highest BCUT2D eigenvalue weighted by Crippen LogP contribution is 2.51. The number of carboxylic acids is 1. The van der Waals surface area contributed by atoms with E-state index in [4.69, 9.17) is 4.74 Å². The minimum absolute atomic E-state index is 0.0777. The molecule has 2 aromatic carbocycles. The fourth-order valence-electron chi connectivity index (χ4n) is 4.42. The Labute approximate surface area is 161 Å². The number of hydrogen-bond donors (Lipinski definition) is 2. The van der Waals surface area contributed by atoms with Gasteiger partial charge in [0.1, 0.15) is 0 Å². The Hall–Kier alpha value is -3.35. The van der Waals surface area contributed by atoms with Crippen molar-refractivity contribution in [1.29, 1.82) is 0 Å². The molecule has 144 valence electrons. The zero-order chi connectivity index (χ0) is 20.0. The summed E-state index contributed by atoms with van der Waals surface area (Å²) < 4.78 is 5.11. The molecule has 0 fully saturated rings. The van der Waals surface area contributed by atoms with E-state index in [0.29, 0.717) is 5.56 Å². The standard InChI is InChI=1S/C21H20N2O5/c1-11-13(21(24)25)7-8-16-14-4-3-5-15(14)20(22-19(11)16)12-6-9-18(28-2)17(10-12)23(26)27/h3-4,6-10,14-15,20,22H,5H2,1-2H3,(H,24,25)/t14-,15+,20+/m1/s1. The lowest BCUT2D eigenvalue weighted by atomic mass is 9.76. The van der Waals surface area contributed by atoms with Gasteiger partial charge in [-0.3, -0.25) is 10.1 Å². The second-order valence-electron chi connectivity index (χ2n) is 7.17. The van der Waals surface area contributed by atoms with Crippen molar-refractivity contribution in [1.82, 2.24) is 0 Å². The first kappa shape index (κ1) is 18.0. The van der Waals surface area contributed by atoms with E-state index in [1.165, 1.54) is 7.11 Å². The van der Waals surface area contributed by atoms with Crippen LogP contribution in [0.2, 0.25) is 0 Å². The van der Waals surface area contributed by atoms with E-state index in [2.05, 4.69) is 17.5 Å². The highest BCUT2D eigenvalue weighted by molar-refractivity contribution is 5.92. The highest BCUT2D eigenvalue weighted by Gasteiger charge is 2.39. The van der Waals surface area contributed by atoms with E-state index in [0.717, 1.165) is 23.2 Å². The molecule has 0 bridgehead atoms. The number of aromatic carboxylic acids is 1. The monoisotopic (exact) mass is 380 g/mol.